The van der Waals surface area contributed by atoms with E-state index in [2.05, 4.69) is 4.98 Å². The molecule has 0 bridgehead atoms. The van der Waals surface area contributed by atoms with Crippen molar-refractivity contribution in [2.24, 2.45) is 0 Å². The molecule has 0 radical (unpaired) electrons. The van der Waals surface area contributed by atoms with Gasteiger partial charge in [0.1, 0.15) is 10.4 Å². The summed E-state index contributed by atoms with van der Waals surface area (Å²) in [6.07, 6.45) is 2.13. The van der Waals surface area contributed by atoms with Gasteiger partial charge in [-0.15, -0.1) is 11.3 Å². The lowest BCUT2D eigenvalue weighted by Crippen LogP contribution is -2.30. The van der Waals surface area contributed by atoms with E-state index in [4.69, 9.17) is 4.74 Å². The number of aromatic nitrogens is 2. The number of thioether (sulfide) groups is 1. The maximum atomic E-state index is 13.1. The molecule has 1 aliphatic heterocycles. The Morgan fingerprint density at radius 1 is 1.29 bits per heavy atom. The number of carbonyl (C=O) groups excluding carboxylic acids is 1. The number of amides is 1. The summed E-state index contributed by atoms with van der Waals surface area (Å²) in [5.41, 5.74) is 1.57. The van der Waals surface area contributed by atoms with Crippen molar-refractivity contribution >= 4 is 39.2 Å². The van der Waals surface area contributed by atoms with E-state index < -0.39 is 0 Å². The van der Waals surface area contributed by atoms with Gasteiger partial charge in [0.05, 0.1) is 24.9 Å². The minimum Gasteiger partial charge on any atom is -0.497 e. The largest absolute Gasteiger partial charge is 0.497 e. The number of thiophene rings is 1. The van der Waals surface area contributed by atoms with Crippen molar-refractivity contribution in [2.75, 3.05) is 26.0 Å². The standard InChI is InChI=1S/C20H21N3O3S2/c1-26-15-6-4-5-14(11-15)12-23-19(25)18-16(7-10-27-18)21-20(23)28-13-17(24)22-8-2-3-9-22/h4-7,10-11H,2-3,8-9,12-13H2,1H3. The molecule has 0 aliphatic carbocycles. The molecule has 0 unspecified atom stereocenters. The van der Waals surface area contributed by atoms with Gasteiger partial charge in [-0.25, -0.2) is 4.98 Å². The van der Waals surface area contributed by atoms with Crippen LogP contribution < -0.4 is 10.3 Å². The summed E-state index contributed by atoms with van der Waals surface area (Å²) < 4.78 is 7.59. The molecule has 146 valence electrons. The van der Waals surface area contributed by atoms with Gasteiger partial charge in [-0.1, -0.05) is 23.9 Å². The highest BCUT2D eigenvalue weighted by Gasteiger charge is 2.20. The first kappa shape index (κ1) is 19.0. The first-order valence-electron chi connectivity index (χ1n) is 9.17. The van der Waals surface area contributed by atoms with E-state index >= 15 is 0 Å². The van der Waals surface area contributed by atoms with Crippen molar-refractivity contribution in [3.05, 3.63) is 51.6 Å². The van der Waals surface area contributed by atoms with E-state index in [1.54, 1.807) is 11.7 Å². The lowest BCUT2D eigenvalue weighted by atomic mass is 10.2. The number of fused-ring (bicyclic) bond motifs is 1. The van der Waals surface area contributed by atoms with Gasteiger partial charge in [-0.3, -0.25) is 14.2 Å². The van der Waals surface area contributed by atoms with Crippen LogP contribution in [0.1, 0.15) is 18.4 Å². The fourth-order valence-corrected chi connectivity index (χ4v) is 4.99. The third kappa shape index (κ3) is 3.93. The van der Waals surface area contributed by atoms with Crippen molar-refractivity contribution in [2.45, 2.75) is 24.5 Å². The fraction of sp³-hybridized carbons (Fsp3) is 0.350. The van der Waals surface area contributed by atoms with Crippen LogP contribution in [0.5, 0.6) is 5.75 Å². The minimum absolute atomic E-state index is 0.0704. The fourth-order valence-electron chi connectivity index (χ4n) is 3.31. The highest BCUT2D eigenvalue weighted by molar-refractivity contribution is 7.99. The first-order valence-corrected chi connectivity index (χ1v) is 11.0. The topological polar surface area (TPSA) is 64.4 Å². The molecule has 0 N–H and O–H groups in total. The third-order valence-electron chi connectivity index (χ3n) is 4.79. The second-order valence-corrected chi connectivity index (χ2v) is 8.51. The molecule has 1 fully saturated rings. The van der Waals surface area contributed by atoms with E-state index in [-0.39, 0.29) is 11.5 Å². The van der Waals surface area contributed by atoms with Gasteiger partial charge in [0.25, 0.3) is 5.56 Å². The zero-order valence-corrected chi connectivity index (χ0v) is 17.2. The summed E-state index contributed by atoms with van der Waals surface area (Å²) >= 11 is 2.73. The van der Waals surface area contributed by atoms with E-state index in [9.17, 15) is 9.59 Å². The highest BCUT2D eigenvalue weighted by atomic mass is 32.2. The summed E-state index contributed by atoms with van der Waals surface area (Å²) in [7, 11) is 1.62. The Kier molecular flexibility index (Phi) is 5.68. The number of carbonyl (C=O) groups is 1. The molecular formula is C20H21N3O3S2. The van der Waals surface area contributed by atoms with Gasteiger partial charge in [0, 0.05) is 13.1 Å². The number of hydrogen-bond donors (Lipinski definition) is 0. The second-order valence-electron chi connectivity index (χ2n) is 6.65. The molecule has 1 saturated heterocycles. The molecule has 0 saturated carbocycles. The number of likely N-dealkylation sites (tertiary alicyclic amines) is 1. The Hall–Kier alpha value is -2.32. The molecule has 28 heavy (non-hydrogen) atoms. The normalized spacial score (nSPS) is 14.0. The number of methoxy groups -OCH3 is 1. The maximum Gasteiger partial charge on any atom is 0.272 e. The molecule has 8 heteroatoms. The molecule has 6 nitrogen and oxygen atoms in total. The Labute approximate surface area is 171 Å². The van der Waals surface area contributed by atoms with E-state index in [1.807, 2.05) is 40.6 Å². The maximum absolute atomic E-state index is 13.1. The van der Waals surface area contributed by atoms with Crippen LogP contribution >= 0.6 is 23.1 Å². The van der Waals surface area contributed by atoms with Gasteiger partial charge in [0.15, 0.2) is 5.16 Å². The third-order valence-corrected chi connectivity index (χ3v) is 6.64. The van der Waals surface area contributed by atoms with Gasteiger partial charge >= 0.3 is 0 Å². The molecule has 1 aromatic carbocycles. The number of ether oxygens (including phenoxy) is 1. The van der Waals surface area contributed by atoms with Crippen LogP contribution in [0.25, 0.3) is 10.2 Å². The smallest absolute Gasteiger partial charge is 0.272 e. The van der Waals surface area contributed by atoms with Crippen molar-refractivity contribution in [1.82, 2.24) is 14.5 Å². The van der Waals surface area contributed by atoms with Crippen molar-refractivity contribution in [1.29, 1.82) is 0 Å². The lowest BCUT2D eigenvalue weighted by Gasteiger charge is -2.16. The Bertz CT molecular complexity index is 1050. The second kappa shape index (κ2) is 8.36. The van der Waals surface area contributed by atoms with E-state index in [0.29, 0.717) is 27.7 Å². The number of benzene rings is 1. The zero-order chi connectivity index (χ0) is 19.5. The van der Waals surface area contributed by atoms with Crippen LogP contribution in [0, 0.1) is 0 Å². The summed E-state index contributed by atoms with van der Waals surface area (Å²) in [5.74, 6) is 1.14. The van der Waals surface area contributed by atoms with Crippen molar-refractivity contribution < 1.29 is 9.53 Å². The Balaban J connectivity index is 1.64. The van der Waals surface area contributed by atoms with Crippen LogP contribution in [0.15, 0.2) is 45.7 Å². The molecule has 1 aliphatic rings. The van der Waals surface area contributed by atoms with Gasteiger partial charge in [0.2, 0.25) is 5.91 Å². The minimum atomic E-state index is -0.0704. The van der Waals surface area contributed by atoms with Crippen LogP contribution in [0.2, 0.25) is 0 Å². The Morgan fingerprint density at radius 2 is 2.11 bits per heavy atom. The summed E-state index contributed by atoms with van der Waals surface area (Å²) in [4.78, 5) is 32.1. The lowest BCUT2D eigenvalue weighted by molar-refractivity contribution is -0.127. The average Bonchev–Trinajstić information content (AvgIpc) is 3.40. The number of rotatable bonds is 6. The van der Waals surface area contributed by atoms with Crippen LogP contribution in [-0.2, 0) is 11.3 Å². The molecule has 0 atom stereocenters. The molecule has 1 amide bonds. The molecular weight excluding hydrogens is 394 g/mol. The van der Waals surface area contributed by atoms with E-state index in [1.165, 1.54) is 23.1 Å². The van der Waals surface area contributed by atoms with Crippen molar-refractivity contribution in [3.8, 4) is 5.75 Å². The molecule has 4 rings (SSSR count). The monoisotopic (exact) mass is 415 g/mol. The van der Waals surface area contributed by atoms with E-state index in [0.717, 1.165) is 37.2 Å². The van der Waals surface area contributed by atoms with Gasteiger partial charge < -0.3 is 9.64 Å². The quantitative estimate of drug-likeness (QED) is 0.457. The summed E-state index contributed by atoms with van der Waals surface area (Å²) in [6, 6.07) is 9.49. The van der Waals surface area contributed by atoms with Crippen LogP contribution in [0.3, 0.4) is 0 Å². The molecule has 3 aromatic rings. The molecule has 2 aromatic heterocycles. The Morgan fingerprint density at radius 3 is 2.89 bits per heavy atom. The predicted molar refractivity (Wildman–Crippen MR) is 113 cm³/mol. The number of nitrogens with zero attached hydrogens (tertiary/aromatic N) is 3. The van der Waals surface area contributed by atoms with Crippen LogP contribution in [-0.4, -0.2) is 46.3 Å². The summed E-state index contributed by atoms with van der Waals surface area (Å²) in [5, 5.41) is 2.45. The molecule has 0 spiro atoms. The predicted octanol–water partition coefficient (Wildman–Crippen LogP) is 3.23. The van der Waals surface area contributed by atoms with Crippen molar-refractivity contribution in [3.63, 3.8) is 0 Å². The first-order chi connectivity index (χ1) is 13.7. The number of hydrogen-bond acceptors (Lipinski definition) is 6. The average molecular weight is 416 g/mol. The van der Waals surface area contributed by atoms with Gasteiger partial charge in [-0.05, 0) is 42.0 Å². The van der Waals surface area contributed by atoms with Crippen LogP contribution in [0.4, 0.5) is 0 Å². The van der Waals surface area contributed by atoms with Gasteiger partial charge in [-0.2, -0.15) is 0 Å². The molecule has 3 heterocycles. The SMILES string of the molecule is COc1cccc(Cn2c(SCC(=O)N3CCCC3)nc3ccsc3c2=O)c1. The zero-order valence-electron chi connectivity index (χ0n) is 15.6. The highest BCUT2D eigenvalue weighted by Crippen LogP contribution is 2.23. The summed E-state index contributed by atoms with van der Waals surface area (Å²) in [6.45, 7) is 2.04.